The van der Waals surface area contributed by atoms with Crippen molar-refractivity contribution in [3.8, 4) is 0 Å². The SMILES string of the molecule is CCC(C)c1ccn[nH]1.[HH]. The van der Waals surface area contributed by atoms with Gasteiger partial charge in [0.15, 0.2) is 0 Å². The van der Waals surface area contributed by atoms with Gasteiger partial charge < -0.3 is 0 Å². The molecule has 0 aliphatic heterocycles. The number of rotatable bonds is 2. The largest absolute Gasteiger partial charge is 0.282 e. The van der Waals surface area contributed by atoms with Gasteiger partial charge in [-0.05, 0) is 18.4 Å². The highest BCUT2D eigenvalue weighted by molar-refractivity contribution is 5.03. The molecule has 1 aromatic heterocycles. The second kappa shape index (κ2) is 2.67. The molecule has 0 radical (unpaired) electrons. The van der Waals surface area contributed by atoms with Gasteiger partial charge in [-0.15, -0.1) is 0 Å². The number of hydrogen-bond donors (Lipinski definition) is 1. The van der Waals surface area contributed by atoms with Gasteiger partial charge in [-0.2, -0.15) is 5.10 Å². The average molecular weight is 126 g/mol. The van der Waals surface area contributed by atoms with Crippen LogP contribution in [0.4, 0.5) is 0 Å². The number of hydrogen-bond acceptors (Lipinski definition) is 1. The fourth-order valence-corrected chi connectivity index (χ4v) is 0.761. The summed E-state index contributed by atoms with van der Waals surface area (Å²) in [6, 6.07) is 2.02. The Labute approximate surface area is 56.8 Å². The van der Waals surface area contributed by atoms with E-state index in [1.807, 2.05) is 6.07 Å². The molecule has 0 bridgehead atoms. The van der Waals surface area contributed by atoms with Crippen molar-refractivity contribution in [1.82, 2.24) is 10.2 Å². The third-order valence-corrected chi connectivity index (χ3v) is 1.67. The van der Waals surface area contributed by atoms with Crippen LogP contribution in [0, 0.1) is 0 Å². The molecular formula is C7H14N2. The summed E-state index contributed by atoms with van der Waals surface area (Å²) in [5.41, 5.74) is 1.23. The van der Waals surface area contributed by atoms with Crippen molar-refractivity contribution in [3.05, 3.63) is 18.0 Å². The zero-order valence-corrected chi connectivity index (χ0v) is 5.89. The smallest absolute Gasteiger partial charge is 0.0490 e. The van der Waals surface area contributed by atoms with E-state index in [9.17, 15) is 0 Å². The van der Waals surface area contributed by atoms with E-state index >= 15 is 0 Å². The van der Waals surface area contributed by atoms with Gasteiger partial charge in [0.2, 0.25) is 0 Å². The van der Waals surface area contributed by atoms with Crippen molar-refractivity contribution in [3.63, 3.8) is 0 Å². The van der Waals surface area contributed by atoms with E-state index in [0.717, 1.165) is 0 Å². The summed E-state index contributed by atoms with van der Waals surface area (Å²) in [5.74, 6) is 0.618. The lowest BCUT2D eigenvalue weighted by molar-refractivity contribution is 0.703. The first-order valence-corrected chi connectivity index (χ1v) is 3.34. The highest BCUT2D eigenvalue weighted by Crippen LogP contribution is 2.13. The second-order valence-corrected chi connectivity index (χ2v) is 2.32. The van der Waals surface area contributed by atoms with E-state index in [0.29, 0.717) is 5.92 Å². The standard InChI is InChI=1S/C7H12N2.H2/c1-3-6(2)7-4-5-8-9-7;/h4-6H,3H2,1-2H3,(H,8,9);1H. The van der Waals surface area contributed by atoms with E-state index in [-0.39, 0.29) is 1.43 Å². The molecule has 0 fully saturated rings. The molecule has 0 aliphatic carbocycles. The Morgan fingerprint density at radius 3 is 3.11 bits per heavy atom. The summed E-state index contributed by atoms with van der Waals surface area (Å²) in [7, 11) is 0. The fourth-order valence-electron chi connectivity index (χ4n) is 0.761. The summed E-state index contributed by atoms with van der Waals surface area (Å²) < 4.78 is 0. The zero-order valence-electron chi connectivity index (χ0n) is 5.89. The Morgan fingerprint density at radius 2 is 2.67 bits per heavy atom. The summed E-state index contributed by atoms with van der Waals surface area (Å²) >= 11 is 0. The van der Waals surface area contributed by atoms with Gasteiger partial charge in [-0.1, -0.05) is 13.8 Å². The van der Waals surface area contributed by atoms with Crippen molar-refractivity contribution in [2.75, 3.05) is 0 Å². The minimum absolute atomic E-state index is 0. The molecule has 0 aromatic carbocycles. The van der Waals surface area contributed by atoms with E-state index in [2.05, 4.69) is 24.0 Å². The molecule has 0 amide bonds. The lowest BCUT2D eigenvalue weighted by atomic mass is 10.1. The van der Waals surface area contributed by atoms with Crippen LogP contribution < -0.4 is 0 Å². The number of nitrogens with one attached hydrogen (secondary N) is 1. The van der Waals surface area contributed by atoms with E-state index in [1.54, 1.807) is 6.20 Å². The summed E-state index contributed by atoms with van der Waals surface area (Å²) in [6.45, 7) is 4.36. The van der Waals surface area contributed by atoms with E-state index in [1.165, 1.54) is 12.1 Å². The molecule has 2 nitrogen and oxygen atoms in total. The molecule has 9 heavy (non-hydrogen) atoms. The molecule has 0 saturated carbocycles. The molecule has 52 valence electrons. The van der Waals surface area contributed by atoms with E-state index < -0.39 is 0 Å². The van der Waals surface area contributed by atoms with Crippen LogP contribution in [0.2, 0.25) is 0 Å². The van der Waals surface area contributed by atoms with Crippen molar-refractivity contribution < 1.29 is 1.43 Å². The Kier molecular flexibility index (Phi) is 1.88. The Bertz CT molecular complexity index is 160. The third-order valence-electron chi connectivity index (χ3n) is 1.67. The number of aromatic nitrogens is 2. The molecule has 1 atom stereocenters. The maximum absolute atomic E-state index is 3.87. The number of aromatic amines is 1. The van der Waals surface area contributed by atoms with Gasteiger partial charge in [-0.3, -0.25) is 5.10 Å². The number of H-pyrrole nitrogens is 1. The minimum atomic E-state index is 0. The summed E-state index contributed by atoms with van der Waals surface area (Å²) in [6.07, 6.45) is 2.96. The lowest BCUT2D eigenvalue weighted by Crippen LogP contribution is -1.90. The van der Waals surface area contributed by atoms with Crippen molar-refractivity contribution in [1.29, 1.82) is 0 Å². The van der Waals surface area contributed by atoms with Crippen molar-refractivity contribution in [2.24, 2.45) is 0 Å². The first-order valence-electron chi connectivity index (χ1n) is 3.34. The predicted molar refractivity (Wildman–Crippen MR) is 39.4 cm³/mol. The van der Waals surface area contributed by atoms with Crippen LogP contribution in [-0.2, 0) is 0 Å². The molecule has 0 spiro atoms. The van der Waals surface area contributed by atoms with Gasteiger partial charge >= 0.3 is 0 Å². The maximum atomic E-state index is 3.87. The Morgan fingerprint density at radius 1 is 1.89 bits per heavy atom. The highest BCUT2D eigenvalue weighted by atomic mass is 15.1. The van der Waals surface area contributed by atoms with Crippen LogP contribution in [-0.4, -0.2) is 10.2 Å². The first kappa shape index (κ1) is 6.33. The zero-order chi connectivity index (χ0) is 6.69. The van der Waals surface area contributed by atoms with E-state index in [4.69, 9.17) is 0 Å². The second-order valence-electron chi connectivity index (χ2n) is 2.32. The van der Waals surface area contributed by atoms with Crippen LogP contribution in [0.15, 0.2) is 12.3 Å². The molecule has 0 saturated heterocycles. The molecule has 1 aromatic rings. The monoisotopic (exact) mass is 126 g/mol. The van der Waals surface area contributed by atoms with Crippen molar-refractivity contribution >= 4 is 0 Å². The van der Waals surface area contributed by atoms with Crippen LogP contribution >= 0.6 is 0 Å². The maximum Gasteiger partial charge on any atom is 0.0490 e. The van der Waals surface area contributed by atoms with Gasteiger partial charge in [-0.25, -0.2) is 0 Å². The fraction of sp³-hybridized carbons (Fsp3) is 0.571. The van der Waals surface area contributed by atoms with Crippen LogP contribution in [0.1, 0.15) is 33.3 Å². The van der Waals surface area contributed by atoms with Gasteiger partial charge in [0.25, 0.3) is 0 Å². The quantitative estimate of drug-likeness (QED) is 0.646. The van der Waals surface area contributed by atoms with Crippen LogP contribution in [0.5, 0.6) is 0 Å². The Balaban J connectivity index is 0.000000810. The van der Waals surface area contributed by atoms with Crippen molar-refractivity contribution in [2.45, 2.75) is 26.2 Å². The molecular weight excluding hydrogens is 112 g/mol. The molecule has 0 aliphatic rings. The van der Waals surface area contributed by atoms with Gasteiger partial charge in [0.1, 0.15) is 0 Å². The topological polar surface area (TPSA) is 28.7 Å². The summed E-state index contributed by atoms with van der Waals surface area (Å²) in [4.78, 5) is 0. The number of nitrogens with zero attached hydrogens (tertiary/aromatic N) is 1. The molecule has 1 unspecified atom stereocenters. The molecule has 2 heteroatoms. The third kappa shape index (κ3) is 1.31. The summed E-state index contributed by atoms with van der Waals surface area (Å²) in [5, 5.41) is 6.80. The Hall–Kier alpha value is -0.790. The minimum Gasteiger partial charge on any atom is -0.282 e. The molecule has 1 N–H and O–H groups in total. The van der Waals surface area contributed by atoms with Crippen LogP contribution in [0.25, 0.3) is 0 Å². The van der Waals surface area contributed by atoms with Gasteiger partial charge in [0.05, 0.1) is 0 Å². The van der Waals surface area contributed by atoms with Gasteiger partial charge in [0, 0.05) is 13.3 Å². The predicted octanol–water partition coefficient (Wildman–Crippen LogP) is 2.17. The highest BCUT2D eigenvalue weighted by Gasteiger charge is 2.01. The lowest BCUT2D eigenvalue weighted by Gasteiger charge is -2.02. The normalized spacial score (nSPS) is 13.6. The molecule has 1 rings (SSSR count). The average Bonchev–Trinajstić information content (AvgIpc) is 2.37. The molecule has 1 heterocycles. The van der Waals surface area contributed by atoms with Crippen LogP contribution in [0.3, 0.4) is 0 Å². The first-order chi connectivity index (χ1) is 4.34.